The van der Waals surface area contributed by atoms with Crippen LogP contribution in [0.25, 0.3) is 6.08 Å². The highest BCUT2D eigenvalue weighted by Gasteiger charge is 2.26. The van der Waals surface area contributed by atoms with Gasteiger partial charge < -0.3 is 10.2 Å². The molecule has 0 aliphatic carbocycles. The van der Waals surface area contributed by atoms with E-state index in [1.807, 2.05) is 32.1 Å². The predicted molar refractivity (Wildman–Crippen MR) is 148 cm³/mol. The summed E-state index contributed by atoms with van der Waals surface area (Å²) >= 11 is 0. The Morgan fingerprint density at radius 3 is 2.14 bits per heavy atom. The largest absolute Gasteiger partial charge is 0.352 e. The monoisotopic (exact) mass is 482 g/mol. The first-order valence-corrected chi connectivity index (χ1v) is 13.1. The SMILES string of the molecule is C/C(=C\c1ccc(C)nc1)C(=O)NCCCCN1CCN(C(c2ccccc2)c2ccccc2)CC1. The normalized spacial score (nSPS) is 15.2. The van der Waals surface area contributed by atoms with Crippen LogP contribution in [-0.4, -0.2) is 60.0 Å². The van der Waals surface area contributed by atoms with Crippen molar-refractivity contribution in [1.82, 2.24) is 20.1 Å². The first-order chi connectivity index (χ1) is 17.6. The molecule has 1 aliphatic heterocycles. The summed E-state index contributed by atoms with van der Waals surface area (Å²) in [5.41, 5.74) is 5.35. The van der Waals surface area contributed by atoms with Gasteiger partial charge in [0.05, 0.1) is 6.04 Å². The molecule has 1 amide bonds. The molecule has 1 N–H and O–H groups in total. The summed E-state index contributed by atoms with van der Waals surface area (Å²) in [6.45, 7) is 9.87. The van der Waals surface area contributed by atoms with Crippen LogP contribution in [0.5, 0.6) is 0 Å². The van der Waals surface area contributed by atoms with E-state index < -0.39 is 0 Å². The van der Waals surface area contributed by atoms with Gasteiger partial charge in [-0.2, -0.15) is 0 Å². The van der Waals surface area contributed by atoms with Gasteiger partial charge in [0.1, 0.15) is 0 Å². The number of amides is 1. The standard InChI is InChI=1S/C31H38N4O/c1-25(23-27-16-15-26(2)33-24-27)31(36)32-17-9-10-18-34-19-21-35(22-20-34)30(28-11-5-3-6-12-28)29-13-7-4-8-14-29/h3-8,11-16,23-24,30H,9-10,17-22H2,1-2H3,(H,32,36)/b25-23+. The lowest BCUT2D eigenvalue weighted by molar-refractivity contribution is -0.117. The van der Waals surface area contributed by atoms with Gasteiger partial charge in [0, 0.05) is 50.2 Å². The number of aromatic nitrogens is 1. The first kappa shape index (κ1) is 25.8. The van der Waals surface area contributed by atoms with Gasteiger partial charge in [-0.15, -0.1) is 0 Å². The van der Waals surface area contributed by atoms with Crippen LogP contribution in [0.4, 0.5) is 0 Å². The number of piperazine rings is 1. The highest BCUT2D eigenvalue weighted by atomic mass is 16.1. The topological polar surface area (TPSA) is 48.5 Å². The summed E-state index contributed by atoms with van der Waals surface area (Å²) in [6, 6.07) is 25.9. The molecule has 0 saturated carbocycles. The van der Waals surface area contributed by atoms with Gasteiger partial charge in [-0.05, 0) is 62.1 Å². The van der Waals surface area contributed by atoms with Crippen LogP contribution in [0.1, 0.15) is 48.2 Å². The number of carbonyl (C=O) groups excluding carboxylic acids is 1. The molecule has 1 saturated heterocycles. The molecule has 0 radical (unpaired) electrons. The summed E-state index contributed by atoms with van der Waals surface area (Å²) in [4.78, 5) is 21.8. The Bertz CT molecular complexity index is 1060. The number of rotatable bonds is 10. The van der Waals surface area contributed by atoms with E-state index in [1.54, 1.807) is 6.20 Å². The molecule has 36 heavy (non-hydrogen) atoms. The highest BCUT2D eigenvalue weighted by Crippen LogP contribution is 2.29. The lowest BCUT2D eigenvalue weighted by atomic mass is 9.96. The number of hydrogen-bond donors (Lipinski definition) is 1. The van der Waals surface area contributed by atoms with Crippen LogP contribution < -0.4 is 5.32 Å². The molecule has 1 fully saturated rings. The lowest BCUT2D eigenvalue weighted by Gasteiger charge is -2.39. The third kappa shape index (κ3) is 7.36. The third-order valence-electron chi connectivity index (χ3n) is 6.86. The average molecular weight is 483 g/mol. The van der Waals surface area contributed by atoms with Crippen molar-refractivity contribution in [1.29, 1.82) is 0 Å². The molecule has 0 bridgehead atoms. The Morgan fingerprint density at radius 1 is 0.917 bits per heavy atom. The second kappa shape index (κ2) is 13.1. The zero-order valence-electron chi connectivity index (χ0n) is 21.6. The molecule has 3 aromatic rings. The summed E-state index contributed by atoms with van der Waals surface area (Å²) in [7, 11) is 0. The van der Waals surface area contributed by atoms with Gasteiger partial charge in [-0.25, -0.2) is 0 Å². The zero-order valence-corrected chi connectivity index (χ0v) is 21.6. The Kier molecular flexibility index (Phi) is 9.42. The van der Waals surface area contributed by atoms with E-state index in [0.29, 0.717) is 18.2 Å². The quantitative estimate of drug-likeness (QED) is 0.323. The maximum atomic E-state index is 12.4. The molecular weight excluding hydrogens is 444 g/mol. The van der Waals surface area contributed by atoms with Crippen molar-refractivity contribution < 1.29 is 4.79 Å². The number of nitrogens with zero attached hydrogens (tertiary/aromatic N) is 3. The van der Waals surface area contributed by atoms with Crippen LogP contribution >= 0.6 is 0 Å². The van der Waals surface area contributed by atoms with E-state index in [1.165, 1.54) is 11.1 Å². The summed E-state index contributed by atoms with van der Waals surface area (Å²) in [5, 5.41) is 3.06. The molecule has 4 rings (SSSR count). The fraction of sp³-hybridized carbons (Fsp3) is 0.355. The van der Waals surface area contributed by atoms with Crippen molar-refractivity contribution in [2.24, 2.45) is 0 Å². The van der Waals surface area contributed by atoms with Gasteiger partial charge in [-0.3, -0.25) is 14.7 Å². The van der Waals surface area contributed by atoms with Crippen molar-refractivity contribution in [2.45, 2.75) is 32.7 Å². The van der Waals surface area contributed by atoms with Crippen LogP contribution in [0.3, 0.4) is 0 Å². The smallest absolute Gasteiger partial charge is 0.246 e. The minimum atomic E-state index is -0.00273. The molecule has 0 atom stereocenters. The van der Waals surface area contributed by atoms with Crippen LogP contribution in [-0.2, 0) is 4.79 Å². The average Bonchev–Trinajstić information content (AvgIpc) is 2.92. The number of nitrogens with one attached hydrogen (secondary N) is 1. The van der Waals surface area contributed by atoms with Gasteiger partial charge in [0.15, 0.2) is 0 Å². The van der Waals surface area contributed by atoms with Crippen LogP contribution in [0.2, 0.25) is 0 Å². The molecule has 1 aliphatic rings. The number of pyridine rings is 1. The van der Waals surface area contributed by atoms with Crippen molar-refractivity contribution in [3.63, 3.8) is 0 Å². The van der Waals surface area contributed by atoms with Gasteiger partial charge in [0.2, 0.25) is 5.91 Å². The van der Waals surface area contributed by atoms with Gasteiger partial charge >= 0.3 is 0 Å². The molecule has 1 aromatic heterocycles. The van der Waals surface area contributed by atoms with Crippen LogP contribution in [0, 0.1) is 6.92 Å². The highest BCUT2D eigenvalue weighted by molar-refractivity contribution is 5.97. The maximum Gasteiger partial charge on any atom is 0.246 e. The Morgan fingerprint density at radius 2 is 1.56 bits per heavy atom. The van der Waals surface area contributed by atoms with E-state index in [2.05, 4.69) is 80.8 Å². The Hall–Kier alpha value is -3.28. The fourth-order valence-electron chi connectivity index (χ4n) is 4.81. The van der Waals surface area contributed by atoms with Gasteiger partial charge in [-0.1, -0.05) is 66.7 Å². The fourth-order valence-corrected chi connectivity index (χ4v) is 4.81. The number of aryl methyl sites for hydroxylation is 1. The van der Waals surface area contributed by atoms with Crippen molar-refractivity contribution in [3.05, 3.63) is 107 Å². The number of carbonyl (C=O) groups is 1. The van der Waals surface area contributed by atoms with E-state index in [-0.39, 0.29) is 5.91 Å². The Balaban J connectivity index is 1.19. The first-order valence-electron chi connectivity index (χ1n) is 13.1. The number of hydrogen-bond acceptors (Lipinski definition) is 4. The molecule has 2 heterocycles. The predicted octanol–water partition coefficient (Wildman–Crippen LogP) is 5.10. The van der Waals surface area contributed by atoms with Crippen LogP contribution in [0.15, 0.2) is 84.6 Å². The maximum absolute atomic E-state index is 12.4. The molecule has 0 spiro atoms. The summed E-state index contributed by atoms with van der Waals surface area (Å²) in [5.74, 6) is -0.00273. The number of unbranched alkanes of at least 4 members (excludes halogenated alkanes) is 1. The second-order valence-corrected chi connectivity index (χ2v) is 9.62. The van der Waals surface area contributed by atoms with Crippen molar-refractivity contribution in [3.8, 4) is 0 Å². The van der Waals surface area contributed by atoms with Gasteiger partial charge in [0.25, 0.3) is 0 Å². The molecule has 188 valence electrons. The minimum absolute atomic E-state index is 0.00273. The van der Waals surface area contributed by atoms with E-state index in [9.17, 15) is 4.79 Å². The van der Waals surface area contributed by atoms with E-state index in [4.69, 9.17) is 0 Å². The molecule has 0 unspecified atom stereocenters. The lowest BCUT2D eigenvalue weighted by Crippen LogP contribution is -2.48. The van der Waals surface area contributed by atoms with E-state index >= 15 is 0 Å². The Labute approximate surface area is 215 Å². The minimum Gasteiger partial charge on any atom is -0.352 e. The van der Waals surface area contributed by atoms with E-state index in [0.717, 1.165) is 56.8 Å². The molecular formula is C31H38N4O. The second-order valence-electron chi connectivity index (χ2n) is 9.62. The summed E-state index contributed by atoms with van der Waals surface area (Å²) < 4.78 is 0. The molecule has 5 nitrogen and oxygen atoms in total. The molecule has 2 aromatic carbocycles. The zero-order chi connectivity index (χ0) is 25.2. The summed E-state index contributed by atoms with van der Waals surface area (Å²) in [6.07, 6.45) is 5.76. The third-order valence-corrected chi connectivity index (χ3v) is 6.86. The number of benzene rings is 2. The van der Waals surface area contributed by atoms with Crippen molar-refractivity contribution >= 4 is 12.0 Å². The van der Waals surface area contributed by atoms with Crippen molar-refractivity contribution in [2.75, 3.05) is 39.3 Å². The molecule has 5 heteroatoms.